The van der Waals surface area contributed by atoms with Gasteiger partial charge in [-0.25, -0.2) is 4.68 Å². The molecule has 0 unspecified atom stereocenters. The number of benzene rings is 1. The van der Waals surface area contributed by atoms with Crippen LogP contribution < -0.4 is 5.56 Å². The van der Waals surface area contributed by atoms with Gasteiger partial charge in [-0.05, 0) is 53.9 Å². The van der Waals surface area contributed by atoms with Crippen molar-refractivity contribution in [2.24, 2.45) is 11.3 Å². The van der Waals surface area contributed by atoms with Gasteiger partial charge in [-0.2, -0.15) is 0 Å². The van der Waals surface area contributed by atoms with Crippen molar-refractivity contribution in [1.82, 2.24) is 15.0 Å². The van der Waals surface area contributed by atoms with Gasteiger partial charge in [-0.15, -0.1) is 16.4 Å². The van der Waals surface area contributed by atoms with Crippen LogP contribution in [0.15, 0.2) is 23.0 Å². The minimum Gasteiger partial charge on any atom is -0.267 e. The van der Waals surface area contributed by atoms with E-state index in [9.17, 15) is 4.79 Å². The van der Waals surface area contributed by atoms with Crippen LogP contribution in [-0.4, -0.2) is 15.0 Å². The summed E-state index contributed by atoms with van der Waals surface area (Å²) in [5.74, 6) is 0.626. The van der Waals surface area contributed by atoms with E-state index in [4.69, 9.17) is 23.2 Å². The Morgan fingerprint density at radius 1 is 1.30 bits per heavy atom. The number of aromatic nitrogens is 3. The molecule has 0 aliphatic heterocycles. The first kappa shape index (κ1) is 18.9. The van der Waals surface area contributed by atoms with Gasteiger partial charge in [0.15, 0.2) is 4.83 Å². The maximum absolute atomic E-state index is 13.1. The molecule has 0 saturated heterocycles. The molecule has 4 nitrogen and oxygen atoms in total. The molecule has 0 saturated carbocycles. The molecule has 7 heteroatoms. The summed E-state index contributed by atoms with van der Waals surface area (Å²) >= 11 is 13.8. The Kier molecular flexibility index (Phi) is 4.81. The third-order valence-electron chi connectivity index (χ3n) is 5.50. The van der Waals surface area contributed by atoms with Crippen LogP contribution in [0.25, 0.3) is 10.2 Å². The summed E-state index contributed by atoms with van der Waals surface area (Å²) in [5, 5.41) is 10.3. The SMILES string of the molecule is CC(C)(C)[C@H]1CCc2c(sc3nnn(Cc4ccc(Cl)cc4Cl)c(=O)c23)C1. The lowest BCUT2D eigenvalue weighted by atomic mass is 9.72. The molecule has 142 valence electrons. The fourth-order valence-corrected chi connectivity index (χ4v) is 5.48. The fraction of sp³-hybridized carbons (Fsp3) is 0.450. The van der Waals surface area contributed by atoms with Gasteiger partial charge in [0.25, 0.3) is 5.56 Å². The summed E-state index contributed by atoms with van der Waals surface area (Å²) in [6.45, 7) is 7.16. The van der Waals surface area contributed by atoms with E-state index >= 15 is 0 Å². The molecule has 0 amide bonds. The molecule has 1 aliphatic carbocycles. The van der Waals surface area contributed by atoms with Crippen molar-refractivity contribution < 1.29 is 0 Å². The molecule has 1 aromatic carbocycles. The van der Waals surface area contributed by atoms with Gasteiger partial charge in [-0.3, -0.25) is 4.79 Å². The fourth-order valence-electron chi connectivity index (χ4n) is 3.78. The van der Waals surface area contributed by atoms with Crippen molar-refractivity contribution in [3.63, 3.8) is 0 Å². The zero-order chi connectivity index (χ0) is 19.3. The Morgan fingerprint density at radius 3 is 2.78 bits per heavy atom. The summed E-state index contributed by atoms with van der Waals surface area (Å²) < 4.78 is 1.40. The lowest BCUT2D eigenvalue weighted by Gasteiger charge is -2.33. The Morgan fingerprint density at radius 2 is 2.07 bits per heavy atom. The van der Waals surface area contributed by atoms with Gasteiger partial charge < -0.3 is 0 Å². The molecule has 27 heavy (non-hydrogen) atoms. The predicted molar refractivity (Wildman–Crippen MR) is 112 cm³/mol. The van der Waals surface area contributed by atoms with Gasteiger partial charge >= 0.3 is 0 Å². The minimum absolute atomic E-state index is 0.0854. The van der Waals surface area contributed by atoms with E-state index in [-0.39, 0.29) is 17.5 Å². The molecule has 4 rings (SSSR count). The third kappa shape index (κ3) is 3.53. The first-order valence-corrected chi connectivity index (χ1v) is 10.6. The second kappa shape index (κ2) is 6.87. The van der Waals surface area contributed by atoms with Gasteiger partial charge in [0, 0.05) is 14.9 Å². The normalized spacial score (nSPS) is 17.3. The lowest BCUT2D eigenvalue weighted by molar-refractivity contribution is 0.218. The van der Waals surface area contributed by atoms with Crippen LogP contribution in [-0.2, 0) is 19.4 Å². The maximum Gasteiger partial charge on any atom is 0.279 e. The average molecular weight is 422 g/mol. The zero-order valence-electron chi connectivity index (χ0n) is 15.6. The van der Waals surface area contributed by atoms with Crippen molar-refractivity contribution >= 4 is 44.8 Å². The summed E-state index contributed by atoms with van der Waals surface area (Å²) in [5.41, 5.74) is 2.16. The molecule has 1 atom stereocenters. The van der Waals surface area contributed by atoms with Crippen LogP contribution in [0.5, 0.6) is 0 Å². The molecular weight excluding hydrogens is 401 g/mol. The molecule has 0 spiro atoms. The highest BCUT2D eigenvalue weighted by atomic mass is 35.5. The number of halogens is 2. The van der Waals surface area contributed by atoms with Gasteiger partial charge in [0.1, 0.15) is 0 Å². The van der Waals surface area contributed by atoms with Crippen LogP contribution in [0.4, 0.5) is 0 Å². The highest BCUT2D eigenvalue weighted by molar-refractivity contribution is 7.18. The molecule has 0 bridgehead atoms. The molecule has 1 aliphatic rings. The Labute approximate surface area is 172 Å². The van der Waals surface area contributed by atoms with Gasteiger partial charge in [0.2, 0.25) is 0 Å². The van der Waals surface area contributed by atoms with E-state index in [1.165, 1.54) is 15.1 Å². The van der Waals surface area contributed by atoms with E-state index in [2.05, 4.69) is 31.1 Å². The summed E-state index contributed by atoms with van der Waals surface area (Å²) in [6.07, 6.45) is 3.05. The number of nitrogens with zero attached hydrogens (tertiary/aromatic N) is 3. The van der Waals surface area contributed by atoms with E-state index in [0.29, 0.717) is 16.0 Å². The van der Waals surface area contributed by atoms with Gasteiger partial charge in [-0.1, -0.05) is 55.3 Å². The van der Waals surface area contributed by atoms with E-state index in [0.717, 1.165) is 35.0 Å². The molecule has 2 aromatic heterocycles. The predicted octanol–water partition coefficient (Wildman–Crippen LogP) is 5.36. The standard InChI is InChI=1S/C20H21Cl2N3OS/c1-20(2,3)12-5-7-14-16(8-12)27-18-17(14)19(26)25(24-23-18)10-11-4-6-13(21)9-15(11)22/h4,6,9,12H,5,7-8,10H2,1-3H3/t12-/m0/s1. The summed E-state index contributed by atoms with van der Waals surface area (Å²) in [6, 6.07) is 5.26. The van der Waals surface area contributed by atoms with Crippen molar-refractivity contribution in [3.05, 3.63) is 54.6 Å². The number of rotatable bonds is 2. The van der Waals surface area contributed by atoms with Crippen molar-refractivity contribution in [3.8, 4) is 0 Å². The number of thiophene rings is 1. The number of aryl methyl sites for hydroxylation is 1. The molecule has 2 heterocycles. The maximum atomic E-state index is 13.1. The largest absolute Gasteiger partial charge is 0.279 e. The Hall–Kier alpha value is -1.43. The minimum atomic E-state index is -0.0854. The molecule has 3 aromatic rings. The number of hydrogen-bond donors (Lipinski definition) is 0. The second-order valence-electron chi connectivity index (χ2n) is 8.28. The molecule has 0 N–H and O–H groups in total. The molecular formula is C20H21Cl2N3OS. The second-order valence-corrected chi connectivity index (χ2v) is 10.2. The van der Waals surface area contributed by atoms with Crippen molar-refractivity contribution in [2.45, 2.75) is 46.6 Å². The zero-order valence-corrected chi connectivity index (χ0v) is 17.9. The van der Waals surface area contributed by atoms with E-state index in [1.54, 1.807) is 23.5 Å². The van der Waals surface area contributed by atoms with Crippen LogP contribution >= 0.6 is 34.5 Å². The van der Waals surface area contributed by atoms with Crippen LogP contribution in [0.2, 0.25) is 10.0 Å². The van der Waals surface area contributed by atoms with Gasteiger partial charge in [0.05, 0.1) is 11.9 Å². The first-order valence-electron chi connectivity index (χ1n) is 9.06. The van der Waals surface area contributed by atoms with E-state index in [1.807, 2.05) is 6.07 Å². The highest BCUT2D eigenvalue weighted by Crippen LogP contribution is 2.41. The number of fused-ring (bicyclic) bond motifs is 3. The van der Waals surface area contributed by atoms with Crippen LogP contribution in [0.1, 0.15) is 43.2 Å². The number of hydrogen-bond acceptors (Lipinski definition) is 4. The smallest absolute Gasteiger partial charge is 0.267 e. The summed E-state index contributed by atoms with van der Waals surface area (Å²) in [4.78, 5) is 15.2. The van der Waals surface area contributed by atoms with Crippen molar-refractivity contribution in [1.29, 1.82) is 0 Å². The topological polar surface area (TPSA) is 47.8 Å². The summed E-state index contributed by atoms with van der Waals surface area (Å²) in [7, 11) is 0. The van der Waals surface area contributed by atoms with Crippen LogP contribution in [0, 0.1) is 11.3 Å². The Bertz CT molecular complexity index is 1080. The first-order chi connectivity index (χ1) is 12.7. The average Bonchev–Trinajstić information content (AvgIpc) is 2.97. The van der Waals surface area contributed by atoms with Crippen LogP contribution in [0.3, 0.4) is 0 Å². The highest BCUT2D eigenvalue weighted by Gasteiger charge is 2.31. The Balaban J connectivity index is 1.74. The monoisotopic (exact) mass is 421 g/mol. The molecule has 0 fully saturated rings. The van der Waals surface area contributed by atoms with E-state index < -0.39 is 0 Å². The lowest BCUT2D eigenvalue weighted by Crippen LogP contribution is -2.28. The quantitative estimate of drug-likeness (QED) is 0.559. The van der Waals surface area contributed by atoms with Crippen molar-refractivity contribution in [2.75, 3.05) is 0 Å². The third-order valence-corrected chi connectivity index (χ3v) is 7.22. The molecule has 0 radical (unpaired) electrons.